The molecule has 0 aliphatic heterocycles. The molecule has 0 fully saturated rings. The number of fused-ring (bicyclic) bond motifs is 1. The summed E-state index contributed by atoms with van der Waals surface area (Å²) in [5.74, 6) is -0.739. The monoisotopic (exact) mass is 378 g/mol. The molecule has 3 rings (SSSR count). The summed E-state index contributed by atoms with van der Waals surface area (Å²) in [5, 5.41) is 25.0. The molecule has 25 heavy (non-hydrogen) atoms. The number of nitro groups is 2. The van der Waals surface area contributed by atoms with Crippen LogP contribution in [-0.4, -0.2) is 20.7 Å². The average molecular weight is 379 g/mol. The van der Waals surface area contributed by atoms with Crippen molar-refractivity contribution in [1.29, 1.82) is 0 Å². The van der Waals surface area contributed by atoms with E-state index in [1.54, 1.807) is 18.2 Å². The highest BCUT2D eigenvalue weighted by Gasteiger charge is 2.20. The van der Waals surface area contributed by atoms with Crippen LogP contribution < -0.4 is 5.32 Å². The largest absolute Gasteiger partial charge is 0.298 e. The van der Waals surface area contributed by atoms with Gasteiger partial charge in [0.25, 0.3) is 17.3 Å². The Hall–Kier alpha value is -3.11. The van der Waals surface area contributed by atoms with Crippen LogP contribution >= 0.6 is 22.9 Å². The zero-order chi connectivity index (χ0) is 18.1. The van der Waals surface area contributed by atoms with Crippen molar-refractivity contribution in [2.75, 3.05) is 5.32 Å². The van der Waals surface area contributed by atoms with Crippen molar-refractivity contribution in [3.05, 3.63) is 67.2 Å². The van der Waals surface area contributed by atoms with Crippen molar-refractivity contribution < 1.29 is 14.6 Å². The third-order valence-corrected chi connectivity index (χ3v) is 4.33. The summed E-state index contributed by atoms with van der Waals surface area (Å²) in [5.41, 5.74) is -0.682. The molecule has 2 aromatic carbocycles. The quantitative estimate of drug-likeness (QED) is 0.539. The van der Waals surface area contributed by atoms with E-state index in [-0.39, 0.29) is 10.7 Å². The Balaban J connectivity index is 1.94. The Morgan fingerprint density at radius 3 is 2.32 bits per heavy atom. The van der Waals surface area contributed by atoms with Crippen LogP contribution in [0.25, 0.3) is 10.2 Å². The van der Waals surface area contributed by atoms with E-state index in [2.05, 4.69) is 10.3 Å². The number of non-ortho nitro benzene ring substituents is 2. The third-order valence-electron chi connectivity index (χ3n) is 3.16. The molecule has 1 N–H and O–H groups in total. The van der Waals surface area contributed by atoms with Crippen molar-refractivity contribution >= 4 is 55.6 Å². The number of amides is 1. The molecule has 0 spiro atoms. The highest BCUT2D eigenvalue weighted by atomic mass is 35.5. The molecule has 9 nitrogen and oxygen atoms in total. The summed E-state index contributed by atoms with van der Waals surface area (Å²) in [6, 6.07) is 7.74. The number of benzene rings is 2. The number of nitrogens with one attached hydrogen (secondary N) is 1. The van der Waals surface area contributed by atoms with Gasteiger partial charge in [0.1, 0.15) is 0 Å². The predicted octanol–water partition coefficient (Wildman–Crippen LogP) is 4.02. The second-order valence-corrected chi connectivity index (χ2v) is 6.30. The molecule has 0 aliphatic rings. The van der Waals surface area contributed by atoms with Crippen LogP contribution in [0.2, 0.25) is 5.02 Å². The van der Waals surface area contributed by atoms with E-state index in [9.17, 15) is 25.0 Å². The Bertz CT molecular complexity index is 1000. The first-order valence-electron chi connectivity index (χ1n) is 6.65. The smallest absolute Gasteiger partial charge is 0.277 e. The SMILES string of the molecule is O=C(Nc1nc2ccc(Cl)cc2s1)c1cc([N+](=O)[O-])cc([N+](=O)[O-])c1. The predicted molar refractivity (Wildman–Crippen MR) is 92.3 cm³/mol. The summed E-state index contributed by atoms with van der Waals surface area (Å²) in [4.78, 5) is 36.7. The van der Waals surface area contributed by atoms with E-state index in [4.69, 9.17) is 11.6 Å². The van der Waals surface area contributed by atoms with E-state index in [0.29, 0.717) is 10.5 Å². The second kappa shape index (κ2) is 6.42. The van der Waals surface area contributed by atoms with Crippen LogP contribution in [0.5, 0.6) is 0 Å². The molecule has 0 radical (unpaired) electrons. The van der Waals surface area contributed by atoms with Gasteiger partial charge in [0.2, 0.25) is 0 Å². The Labute approximate surface area is 148 Å². The lowest BCUT2D eigenvalue weighted by atomic mass is 10.1. The standard InChI is InChI=1S/C14H7ClN4O5S/c15-8-1-2-11-12(5-8)25-14(16-11)17-13(20)7-3-9(18(21)22)6-10(4-7)19(23)24/h1-6H,(H,16,17,20). The van der Waals surface area contributed by atoms with E-state index in [0.717, 1.165) is 34.2 Å². The van der Waals surface area contributed by atoms with Gasteiger partial charge in [-0.25, -0.2) is 4.98 Å². The summed E-state index contributed by atoms with van der Waals surface area (Å²) in [6.45, 7) is 0. The van der Waals surface area contributed by atoms with Gasteiger partial charge in [0.05, 0.1) is 31.7 Å². The molecule has 1 amide bonds. The fourth-order valence-electron chi connectivity index (χ4n) is 2.06. The average Bonchev–Trinajstić information content (AvgIpc) is 2.95. The molecule has 1 heterocycles. The molecular formula is C14H7ClN4O5S. The number of hydrogen-bond donors (Lipinski definition) is 1. The van der Waals surface area contributed by atoms with E-state index in [1.807, 2.05) is 0 Å². The Morgan fingerprint density at radius 1 is 1.08 bits per heavy atom. The highest BCUT2D eigenvalue weighted by Crippen LogP contribution is 2.29. The third kappa shape index (κ3) is 3.54. The van der Waals surface area contributed by atoms with Gasteiger partial charge in [-0.1, -0.05) is 22.9 Å². The number of hydrogen-bond acceptors (Lipinski definition) is 7. The van der Waals surface area contributed by atoms with Crippen LogP contribution in [0.4, 0.5) is 16.5 Å². The lowest BCUT2D eigenvalue weighted by molar-refractivity contribution is -0.394. The highest BCUT2D eigenvalue weighted by molar-refractivity contribution is 7.22. The van der Waals surface area contributed by atoms with Crippen molar-refractivity contribution in [2.24, 2.45) is 0 Å². The summed E-state index contributed by atoms with van der Waals surface area (Å²) >= 11 is 7.05. The Morgan fingerprint density at radius 2 is 1.72 bits per heavy atom. The normalized spacial score (nSPS) is 10.6. The maximum Gasteiger partial charge on any atom is 0.277 e. The number of anilines is 1. The summed E-state index contributed by atoms with van der Waals surface area (Å²) in [7, 11) is 0. The summed E-state index contributed by atoms with van der Waals surface area (Å²) < 4.78 is 0.743. The molecule has 0 saturated carbocycles. The maximum atomic E-state index is 12.3. The fourth-order valence-corrected chi connectivity index (χ4v) is 3.20. The maximum absolute atomic E-state index is 12.3. The number of nitrogens with zero attached hydrogens (tertiary/aromatic N) is 3. The van der Waals surface area contributed by atoms with Crippen LogP contribution in [0.3, 0.4) is 0 Å². The first-order valence-corrected chi connectivity index (χ1v) is 7.84. The molecule has 0 aliphatic carbocycles. The van der Waals surface area contributed by atoms with Gasteiger partial charge in [-0.05, 0) is 18.2 Å². The number of carbonyl (C=O) groups is 1. The van der Waals surface area contributed by atoms with E-state index >= 15 is 0 Å². The molecule has 0 unspecified atom stereocenters. The molecule has 11 heteroatoms. The number of thiazole rings is 1. The topological polar surface area (TPSA) is 128 Å². The van der Waals surface area contributed by atoms with Crippen LogP contribution in [0.15, 0.2) is 36.4 Å². The summed E-state index contributed by atoms with van der Waals surface area (Å²) in [6.07, 6.45) is 0. The van der Waals surface area contributed by atoms with Gasteiger partial charge >= 0.3 is 0 Å². The van der Waals surface area contributed by atoms with Crippen molar-refractivity contribution in [3.8, 4) is 0 Å². The first kappa shape index (κ1) is 16.7. The molecule has 0 saturated heterocycles. The van der Waals surface area contributed by atoms with Crippen LogP contribution in [0, 0.1) is 20.2 Å². The number of rotatable bonds is 4. The lowest BCUT2D eigenvalue weighted by Crippen LogP contribution is -2.12. The number of nitro benzene ring substituents is 2. The van der Waals surface area contributed by atoms with Crippen LogP contribution in [-0.2, 0) is 0 Å². The van der Waals surface area contributed by atoms with Gasteiger partial charge in [0.15, 0.2) is 5.13 Å². The minimum atomic E-state index is -0.802. The fraction of sp³-hybridized carbons (Fsp3) is 0. The van der Waals surface area contributed by atoms with Gasteiger partial charge in [-0.3, -0.25) is 30.3 Å². The van der Waals surface area contributed by atoms with Gasteiger partial charge in [-0.2, -0.15) is 0 Å². The van der Waals surface area contributed by atoms with Crippen molar-refractivity contribution in [1.82, 2.24) is 4.98 Å². The minimum Gasteiger partial charge on any atom is -0.298 e. The second-order valence-electron chi connectivity index (χ2n) is 4.84. The van der Waals surface area contributed by atoms with E-state index in [1.165, 1.54) is 0 Å². The molecule has 0 bridgehead atoms. The van der Waals surface area contributed by atoms with Gasteiger partial charge in [-0.15, -0.1) is 0 Å². The van der Waals surface area contributed by atoms with Crippen molar-refractivity contribution in [3.63, 3.8) is 0 Å². The number of carbonyl (C=O) groups excluding carboxylic acids is 1. The molecule has 3 aromatic rings. The van der Waals surface area contributed by atoms with Gasteiger partial charge < -0.3 is 0 Å². The number of aromatic nitrogens is 1. The molecule has 0 atom stereocenters. The van der Waals surface area contributed by atoms with Gasteiger partial charge in [0, 0.05) is 17.2 Å². The number of halogens is 1. The molecular weight excluding hydrogens is 372 g/mol. The van der Waals surface area contributed by atoms with E-state index < -0.39 is 27.1 Å². The van der Waals surface area contributed by atoms with Crippen molar-refractivity contribution in [2.45, 2.75) is 0 Å². The first-order chi connectivity index (χ1) is 11.8. The molecule has 1 aromatic heterocycles. The Kier molecular flexibility index (Phi) is 4.30. The van der Waals surface area contributed by atoms with Crippen LogP contribution in [0.1, 0.15) is 10.4 Å². The lowest BCUT2D eigenvalue weighted by Gasteiger charge is -2.02. The molecule has 126 valence electrons. The minimum absolute atomic E-state index is 0.210. The zero-order valence-electron chi connectivity index (χ0n) is 12.1. The zero-order valence-corrected chi connectivity index (χ0v) is 13.7.